The van der Waals surface area contributed by atoms with Gasteiger partial charge in [0.15, 0.2) is 5.69 Å². The van der Waals surface area contributed by atoms with Gasteiger partial charge in [0.25, 0.3) is 10.0 Å². The Hall–Kier alpha value is -2.04. The average molecular weight is 368 g/mol. The van der Waals surface area contributed by atoms with E-state index < -0.39 is 16.0 Å². The zero-order chi connectivity index (χ0) is 17.2. The van der Waals surface area contributed by atoms with Gasteiger partial charge >= 0.3 is 5.97 Å². The Balaban J connectivity index is 1.68. The number of nitrogens with one attached hydrogen (secondary N) is 1. The molecule has 24 heavy (non-hydrogen) atoms. The number of hydrogen-bond donors (Lipinski definition) is 2. The van der Waals surface area contributed by atoms with E-state index in [1.54, 1.807) is 17.5 Å². The fourth-order valence-corrected chi connectivity index (χ4v) is 5.21. The third-order valence-corrected chi connectivity index (χ3v) is 6.93. The van der Waals surface area contributed by atoms with Gasteiger partial charge in [0.1, 0.15) is 10.0 Å². The molecule has 0 bridgehead atoms. The molecule has 0 amide bonds. The molecule has 0 radical (unpaired) electrons. The van der Waals surface area contributed by atoms with Crippen molar-refractivity contribution in [1.82, 2.24) is 14.3 Å². The molecule has 1 aliphatic heterocycles. The van der Waals surface area contributed by atoms with Crippen LogP contribution in [0.4, 0.5) is 5.82 Å². The SMILES string of the molecule is O=C(O)c1cnc(N[C@@H]2CCCN(S(=O)(=O)c3cccs3)C2)cn1. The van der Waals surface area contributed by atoms with Crippen LogP contribution in [0.5, 0.6) is 0 Å². The number of nitrogens with zero attached hydrogens (tertiary/aromatic N) is 3. The van der Waals surface area contributed by atoms with Crippen LogP contribution in [0.25, 0.3) is 0 Å². The first-order valence-electron chi connectivity index (χ1n) is 7.32. The number of anilines is 1. The summed E-state index contributed by atoms with van der Waals surface area (Å²) < 4.78 is 27.0. The van der Waals surface area contributed by atoms with Crippen LogP contribution in [0.3, 0.4) is 0 Å². The minimum Gasteiger partial charge on any atom is -0.476 e. The number of rotatable bonds is 5. The summed E-state index contributed by atoms with van der Waals surface area (Å²) in [4.78, 5) is 18.6. The maximum absolute atomic E-state index is 12.6. The van der Waals surface area contributed by atoms with Crippen LogP contribution in [-0.2, 0) is 10.0 Å². The van der Waals surface area contributed by atoms with Gasteiger partial charge in [0, 0.05) is 19.1 Å². The van der Waals surface area contributed by atoms with E-state index in [0.717, 1.165) is 12.8 Å². The normalized spacial score (nSPS) is 19.1. The Morgan fingerprint density at radius 1 is 1.38 bits per heavy atom. The zero-order valence-corrected chi connectivity index (χ0v) is 14.3. The van der Waals surface area contributed by atoms with E-state index in [2.05, 4.69) is 15.3 Å². The van der Waals surface area contributed by atoms with E-state index in [1.165, 1.54) is 28.0 Å². The summed E-state index contributed by atoms with van der Waals surface area (Å²) in [5, 5.41) is 13.7. The second-order valence-electron chi connectivity index (χ2n) is 5.37. The van der Waals surface area contributed by atoms with Crippen LogP contribution in [0.2, 0.25) is 0 Å². The van der Waals surface area contributed by atoms with Crippen LogP contribution in [0.1, 0.15) is 23.3 Å². The summed E-state index contributed by atoms with van der Waals surface area (Å²) in [6, 6.07) is 3.22. The van der Waals surface area contributed by atoms with Crippen molar-refractivity contribution < 1.29 is 18.3 Å². The molecule has 0 saturated carbocycles. The molecule has 1 fully saturated rings. The maximum Gasteiger partial charge on any atom is 0.356 e. The number of aromatic carboxylic acids is 1. The molecule has 0 aromatic carbocycles. The number of carbonyl (C=O) groups is 1. The van der Waals surface area contributed by atoms with Crippen molar-refractivity contribution in [1.29, 1.82) is 0 Å². The largest absolute Gasteiger partial charge is 0.476 e. The van der Waals surface area contributed by atoms with Gasteiger partial charge < -0.3 is 10.4 Å². The van der Waals surface area contributed by atoms with Gasteiger partial charge in [0.05, 0.1) is 12.4 Å². The van der Waals surface area contributed by atoms with Gasteiger partial charge in [-0.15, -0.1) is 11.3 Å². The first-order valence-corrected chi connectivity index (χ1v) is 9.64. The van der Waals surface area contributed by atoms with Gasteiger partial charge in [0.2, 0.25) is 0 Å². The Kier molecular flexibility index (Phi) is 4.78. The van der Waals surface area contributed by atoms with Gasteiger partial charge in [-0.3, -0.25) is 0 Å². The van der Waals surface area contributed by atoms with E-state index in [0.29, 0.717) is 23.1 Å². The second-order valence-corrected chi connectivity index (χ2v) is 8.48. The maximum atomic E-state index is 12.6. The van der Waals surface area contributed by atoms with Crippen molar-refractivity contribution in [3.63, 3.8) is 0 Å². The molecule has 3 heterocycles. The van der Waals surface area contributed by atoms with Crippen molar-refractivity contribution in [2.75, 3.05) is 18.4 Å². The van der Waals surface area contributed by atoms with Gasteiger partial charge in [-0.1, -0.05) is 6.07 Å². The summed E-state index contributed by atoms with van der Waals surface area (Å²) in [5.74, 6) is -0.708. The molecular weight excluding hydrogens is 352 g/mol. The van der Waals surface area contributed by atoms with Crippen molar-refractivity contribution in [3.05, 3.63) is 35.6 Å². The van der Waals surface area contributed by atoms with E-state index in [4.69, 9.17) is 5.11 Å². The topological polar surface area (TPSA) is 112 Å². The molecule has 128 valence electrons. The van der Waals surface area contributed by atoms with Crippen molar-refractivity contribution in [2.24, 2.45) is 0 Å². The van der Waals surface area contributed by atoms with Gasteiger partial charge in [-0.05, 0) is 24.3 Å². The minimum atomic E-state index is -3.46. The quantitative estimate of drug-likeness (QED) is 0.822. The Morgan fingerprint density at radius 2 is 2.21 bits per heavy atom. The molecule has 1 aliphatic rings. The fraction of sp³-hybridized carbons (Fsp3) is 0.357. The molecule has 2 aromatic rings. The van der Waals surface area contributed by atoms with E-state index in [1.807, 2.05) is 0 Å². The first kappa shape index (κ1) is 16.8. The third kappa shape index (κ3) is 3.55. The van der Waals surface area contributed by atoms with Gasteiger partial charge in [-0.25, -0.2) is 23.2 Å². The smallest absolute Gasteiger partial charge is 0.356 e. The summed E-state index contributed by atoms with van der Waals surface area (Å²) in [5.41, 5.74) is -0.133. The molecule has 10 heteroatoms. The predicted molar refractivity (Wildman–Crippen MR) is 88.7 cm³/mol. The van der Waals surface area contributed by atoms with E-state index in [9.17, 15) is 13.2 Å². The summed E-state index contributed by atoms with van der Waals surface area (Å²) in [6.45, 7) is 0.824. The highest BCUT2D eigenvalue weighted by Gasteiger charge is 2.31. The second kappa shape index (κ2) is 6.83. The molecule has 0 aliphatic carbocycles. The average Bonchev–Trinajstić information content (AvgIpc) is 3.11. The lowest BCUT2D eigenvalue weighted by atomic mass is 10.1. The predicted octanol–water partition coefficient (Wildman–Crippen LogP) is 1.50. The number of thiophene rings is 1. The van der Waals surface area contributed by atoms with Crippen LogP contribution >= 0.6 is 11.3 Å². The number of hydrogen-bond acceptors (Lipinski definition) is 7. The Morgan fingerprint density at radius 3 is 2.83 bits per heavy atom. The van der Waals surface area contributed by atoms with Crippen molar-refractivity contribution in [2.45, 2.75) is 23.1 Å². The molecule has 3 rings (SSSR count). The molecule has 2 N–H and O–H groups in total. The van der Waals surface area contributed by atoms with Crippen molar-refractivity contribution >= 4 is 33.1 Å². The summed E-state index contributed by atoms with van der Waals surface area (Å²) in [6.07, 6.45) is 4.06. The fourth-order valence-electron chi connectivity index (χ4n) is 2.54. The molecule has 2 aromatic heterocycles. The lowest BCUT2D eigenvalue weighted by Crippen LogP contribution is -2.45. The standard InChI is InChI=1S/C14H16N4O4S2/c19-14(20)11-7-16-12(8-15-11)17-10-3-1-5-18(9-10)24(21,22)13-4-2-6-23-13/h2,4,6-8,10H,1,3,5,9H2,(H,16,17)(H,19,20)/t10-/m1/s1. The third-order valence-electron chi connectivity index (χ3n) is 3.70. The highest BCUT2D eigenvalue weighted by molar-refractivity contribution is 7.91. The van der Waals surface area contributed by atoms with Crippen LogP contribution in [0, 0.1) is 0 Å². The lowest BCUT2D eigenvalue weighted by molar-refractivity contribution is 0.0690. The highest BCUT2D eigenvalue weighted by Crippen LogP contribution is 2.25. The molecule has 1 atom stereocenters. The Bertz CT molecular complexity index is 806. The molecule has 8 nitrogen and oxygen atoms in total. The molecule has 1 saturated heterocycles. The van der Waals surface area contributed by atoms with Crippen LogP contribution in [0.15, 0.2) is 34.1 Å². The monoisotopic (exact) mass is 368 g/mol. The number of carboxylic acids is 1. The summed E-state index contributed by atoms with van der Waals surface area (Å²) >= 11 is 1.21. The first-order chi connectivity index (χ1) is 11.5. The van der Waals surface area contributed by atoms with E-state index >= 15 is 0 Å². The zero-order valence-electron chi connectivity index (χ0n) is 12.6. The van der Waals surface area contributed by atoms with Crippen LogP contribution in [-0.4, -0.2) is 52.9 Å². The molecular formula is C14H16N4O4S2. The number of carboxylic acid groups (broad SMARTS) is 1. The molecule has 0 unspecified atom stereocenters. The summed E-state index contributed by atoms with van der Waals surface area (Å²) in [7, 11) is -3.46. The van der Waals surface area contributed by atoms with Crippen LogP contribution < -0.4 is 5.32 Å². The van der Waals surface area contributed by atoms with E-state index in [-0.39, 0.29) is 11.7 Å². The number of sulfonamides is 1. The Labute approximate surface area is 143 Å². The minimum absolute atomic E-state index is 0.0986. The molecule has 0 spiro atoms. The number of piperidine rings is 1. The highest BCUT2D eigenvalue weighted by atomic mass is 32.2. The van der Waals surface area contributed by atoms with Crippen molar-refractivity contribution in [3.8, 4) is 0 Å². The number of aromatic nitrogens is 2. The lowest BCUT2D eigenvalue weighted by Gasteiger charge is -2.32. The van der Waals surface area contributed by atoms with Gasteiger partial charge in [-0.2, -0.15) is 4.31 Å².